The van der Waals surface area contributed by atoms with Crippen LogP contribution in [-0.4, -0.2) is 37.6 Å². The minimum Gasteiger partial charge on any atom is -0.326 e. The molecule has 10 heteroatoms. The molecule has 2 saturated carbocycles. The Labute approximate surface area is 235 Å². The SMILES string of the molecule is CCS(=O)(=O)c1ccc(CC(=O)Nc2ccc(C3([S+](=O)(O)c4ccc5c(c4)C4(CC4)C(=O)N5C)CC3)cc2)cc1. The van der Waals surface area contributed by atoms with E-state index in [2.05, 4.69) is 5.32 Å². The van der Waals surface area contributed by atoms with Crippen molar-refractivity contribution in [1.82, 2.24) is 0 Å². The minimum atomic E-state index is -3.46. The van der Waals surface area contributed by atoms with Crippen molar-refractivity contribution in [3.05, 3.63) is 83.4 Å². The van der Waals surface area contributed by atoms with Gasteiger partial charge in [0.05, 0.1) is 22.5 Å². The lowest BCUT2D eigenvalue weighted by atomic mass is 9.98. The topological polar surface area (TPSA) is 121 Å². The first-order chi connectivity index (χ1) is 18.9. The third-order valence-corrected chi connectivity index (χ3v) is 12.9. The summed E-state index contributed by atoms with van der Waals surface area (Å²) in [6.45, 7) is 1.59. The summed E-state index contributed by atoms with van der Waals surface area (Å²) in [7, 11) is -5.00. The molecular formula is C30H31N2O6S2+. The highest BCUT2D eigenvalue weighted by molar-refractivity contribution is 7.99. The van der Waals surface area contributed by atoms with Gasteiger partial charge >= 0.3 is 0 Å². The first-order valence-electron chi connectivity index (χ1n) is 13.3. The first kappa shape index (κ1) is 26.9. The molecule has 0 radical (unpaired) electrons. The van der Waals surface area contributed by atoms with Gasteiger partial charge in [0.25, 0.3) is 10.2 Å². The molecule has 2 amide bonds. The molecule has 6 rings (SSSR count). The zero-order valence-corrected chi connectivity index (χ0v) is 24.0. The van der Waals surface area contributed by atoms with Gasteiger partial charge in [0.1, 0.15) is 0 Å². The van der Waals surface area contributed by atoms with Crippen LogP contribution in [0.5, 0.6) is 0 Å². The second kappa shape index (κ2) is 9.09. The van der Waals surface area contributed by atoms with Gasteiger partial charge in [0.2, 0.25) is 11.8 Å². The average molecular weight is 580 g/mol. The number of benzene rings is 3. The third kappa shape index (κ3) is 4.12. The van der Waals surface area contributed by atoms with Gasteiger partial charge in [-0.25, -0.2) is 8.42 Å². The highest BCUT2D eigenvalue weighted by Gasteiger charge is 2.67. The van der Waals surface area contributed by atoms with Crippen LogP contribution in [0, 0.1) is 0 Å². The second-order valence-electron chi connectivity index (χ2n) is 11.0. The van der Waals surface area contributed by atoms with E-state index in [0.717, 1.165) is 29.7 Å². The summed E-state index contributed by atoms with van der Waals surface area (Å²) in [5.74, 6) is -0.177. The number of fused-ring (bicyclic) bond motifs is 2. The van der Waals surface area contributed by atoms with Crippen molar-refractivity contribution in [3.63, 3.8) is 0 Å². The summed E-state index contributed by atoms with van der Waals surface area (Å²) >= 11 is 0. The van der Waals surface area contributed by atoms with E-state index in [1.807, 2.05) is 0 Å². The molecule has 2 fully saturated rings. The monoisotopic (exact) mass is 579 g/mol. The Balaban J connectivity index is 1.17. The summed E-state index contributed by atoms with van der Waals surface area (Å²) in [6.07, 6.45) is 2.76. The summed E-state index contributed by atoms with van der Waals surface area (Å²) in [4.78, 5) is 27.6. The van der Waals surface area contributed by atoms with Crippen LogP contribution < -0.4 is 10.2 Å². The Morgan fingerprint density at radius 1 is 1.00 bits per heavy atom. The Bertz CT molecular complexity index is 1690. The molecule has 40 heavy (non-hydrogen) atoms. The number of hydrogen-bond acceptors (Lipinski definition) is 5. The normalized spacial score (nSPS) is 19.7. The summed E-state index contributed by atoms with van der Waals surface area (Å²) in [5, 5.41) is 2.84. The molecule has 1 atom stereocenters. The molecule has 0 saturated heterocycles. The van der Waals surface area contributed by atoms with Gasteiger partial charge in [0.15, 0.2) is 19.5 Å². The molecule has 2 N–H and O–H groups in total. The van der Waals surface area contributed by atoms with Crippen LogP contribution in [0.1, 0.15) is 49.3 Å². The van der Waals surface area contributed by atoms with Crippen LogP contribution >= 0.6 is 0 Å². The van der Waals surface area contributed by atoms with Crippen LogP contribution in [0.3, 0.4) is 0 Å². The fraction of sp³-hybridized carbons (Fsp3) is 0.333. The van der Waals surface area contributed by atoms with Gasteiger partial charge in [-0.15, -0.1) is 0 Å². The van der Waals surface area contributed by atoms with Gasteiger partial charge < -0.3 is 10.2 Å². The highest BCUT2D eigenvalue weighted by atomic mass is 32.3. The molecule has 1 spiro atoms. The number of rotatable bonds is 8. The van der Waals surface area contributed by atoms with Crippen molar-refractivity contribution in [2.75, 3.05) is 23.0 Å². The van der Waals surface area contributed by atoms with Crippen LogP contribution in [0.2, 0.25) is 0 Å². The molecule has 1 heterocycles. The maximum Gasteiger partial charge on any atom is 0.258 e. The number of amides is 2. The molecule has 3 aliphatic rings. The molecule has 0 aromatic heterocycles. The summed E-state index contributed by atoms with van der Waals surface area (Å²) < 4.78 is 48.5. The van der Waals surface area contributed by atoms with Gasteiger partial charge in [-0.1, -0.05) is 35.4 Å². The molecule has 1 aliphatic heterocycles. The predicted molar refractivity (Wildman–Crippen MR) is 154 cm³/mol. The molecule has 3 aromatic rings. The number of carbonyl (C=O) groups is 2. The standard InChI is InChI=1S/C30H30N2O6S2/c1-3-39(35,36)23-10-4-20(5-11-23)18-27(33)31-22-8-6-21(7-9-22)30(16-17-30)40(37,38)24-12-13-26-25(19-24)29(14-15-29)28(34)32(26)2/h4-13,19H,3,14-18H2,1-2H3,(H-,31,33,37,38)/p+1. The van der Waals surface area contributed by atoms with Crippen molar-refractivity contribution in [1.29, 1.82) is 0 Å². The van der Waals surface area contributed by atoms with E-state index in [1.165, 1.54) is 12.1 Å². The number of nitrogens with zero attached hydrogens (tertiary/aromatic N) is 1. The molecule has 208 valence electrons. The Hall–Kier alpha value is -3.34. The maximum absolute atomic E-state index is 14.0. The molecule has 8 nitrogen and oxygen atoms in total. The first-order valence-corrected chi connectivity index (χ1v) is 16.5. The number of anilines is 2. The molecule has 2 aliphatic carbocycles. The lowest BCUT2D eigenvalue weighted by Gasteiger charge is -2.18. The van der Waals surface area contributed by atoms with E-state index >= 15 is 0 Å². The number of nitrogens with one attached hydrogen (secondary N) is 1. The Kier molecular flexibility index (Phi) is 6.10. The third-order valence-electron chi connectivity index (χ3n) is 8.58. The van der Waals surface area contributed by atoms with E-state index in [4.69, 9.17) is 0 Å². The van der Waals surface area contributed by atoms with E-state index in [-0.39, 0.29) is 28.9 Å². The summed E-state index contributed by atoms with van der Waals surface area (Å²) in [6, 6.07) is 18.6. The lowest BCUT2D eigenvalue weighted by molar-refractivity contribution is -0.120. The average Bonchev–Trinajstić information content (AvgIpc) is 3.87. The molecule has 0 bridgehead atoms. The number of hydrogen-bond donors (Lipinski definition) is 2. The summed E-state index contributed by atoms with van der Waals surface area (Å²) in [5.41, 5.74) is 3.13. The fourth-order valence-electron chi connectivity index (χ4n) is 5.81. The lowest BCUT2D eigenvalue weighted by Crippen LogP contribution is -2.28. The number of carbonyl (C=O) groups excluding carboxylic acids is 2. The maximum atomic E-state index is 14.0. The van der Waals surface area contributed by atoms with E-state index in [9.17, 15) is 26.8 Å². The van der Waals surface area contributed by atoms with Crippen molar-refractivity contribution < 1.29 is 26.8 Å². The van der Waals surface area contributed by atoms with Crippen LogP contribution in [0.25, 0.3) is 0 Å². The fourth-order valence-corrected chi connectivity index (χ4v) is 8.79. The highest BCUT2D eigenvalue weighted by Crippen LogP contribution is 2.61. The second-order valence-corrected chi connectivity index (χ2v) is 15.6. The van der Waals surface area contributed by atoms with Crippen molar-refractivity contribution >= 4 is 43.2 Å². The molecule has 1 unspecified atom stereocenters. The van der Waals surface area contributed by atoms with Crippen molar-refractivity contribution in [3.8, 4) is 0 Å². The van der Waals surface area contributed by atoms with Crippen LogP contribution in [0.15, 0.2) is 76.5 Å². The molecule has 3 aromatic carbocycles. The number of likely N-dealkylation sites (N-methyl/N-ethyl adjacent to an activating group) is 1. The Morgan fingerprint density at radius 3 is 2.23 bits per heavy atom. The van der Waals surface area contributed by atoms with Crippen LogP contribution in [0.4, 0.5) is 11.4 Å². The van der Waals surface area contributed by atoms with Gasteiger partial charge in [-0.3, -0.25) is 9.59 Å². The zero-order valence-electron chi connectivity index (χ0n) is 22.3. The van der Waals surface area contributed by atoms with E-state index in [0.29, 0.717) is 29.0 Å². The van der Waals surface area contributed by atoms with Gasteiger partial charge in [-0.05, 0) is 60.4 Å². The smallest absolute Gasteiger partial charge is 0.258 e. The largest absolute Gasteiger partial charge is 0.326 e. The van der Waals surface area contributed by atoms with Gasteiger partial charge in [0, 0.05) is 42.9 Å². The van der Waals surface area contributed by atoms with E-state index < -0.39 is 30.2 Å². The van der Waals surface area contributed by atoms with Crippen molar-refractivity contribution in [2.24, 2.45) is 0 Å². The van der Waals surface area contributed by atoms with Crippen LogP contribution in [-0.2, 0) is 50.4 Å². The predicted octanol–water partition coefficient (Wildman–Crippen LogP) is 4.69. The van der Waals surface area contributed by atoms with Crippen molar-refractivity contribution in [2.45, 2.75) is 59.0 Å². The quantitative estimate of drug-likeness (QED) is 0.374. The van der Waals surface area contributed by atoms with E-state index in [1.54, 1.807) is 73.5 Å². The van der Waals surface area contributed by atoms with Gasteiger partial charge in [-0.2, -0.15) is 4.55 Å². The Morgan fingerprint density at radius 2 is 1.65 bits per heavy atom. The zero-order chi connectivity index (χ0) is 28.5. The number of sulfone groups is 1. The molecular weight excluding hydrogens is 548 g/mol. The minimum absolute atomic E-state index is 0.0158.